The van der Waals surface area contributed by atoms with Gasteiger partial charge in [-0.05, 0) is 56.3 Å². The van der Waals surface area contributed by atoms with E-state index >= 15 is 0 Å². The Bertz CT molecular complexity index is 452. The summed E-state index contributed by atoms with van der Waals surface area (Å²) in [6.45, 7) is 7.69. The van der Waals surface area contributed by atoms with Crippen LogP contribution in [0.1, 0.15) is 44.7 Å². The molecule has 0 saturated carbocycles. The predicted octanol–water partition coefficient (Wildman–Crippen LogP) is 3.61. The zero-order valence-electron chi connectivity index (χ0n) is 13.1. The molecule has 0 radical (unpaired) electrons. The van der Waals surface area contributed by atoms with Crippen molar-refractivity contribution < 1.29 is 5.11 Å². The summed E-state index contributed by atoms with van der Waals surface area (Å²) >= 11 is 6.49. The van der Waals surface area contributed by atoms with E-state index in [1.54, 1.807) is 0 Å². The molecule has 1 saturated heterocycles. The van der Waals surface area contributed by atoms with E-state index in [0.29, 0.717) is 12.0 Å². The highest BCUT2D eigenvalue weighted by Crippen LogP contribution is 2.33. The van der Waals surface area contributed by atoms with Crippen LogP contribution in [0.4, 0.5) is 5.69 Å². The maximum absolute atomic E-state index is 9.05. The Balaban J connectivity index is 2.02. The van der Waals surface area contributed by atoms with E-state index in [4.69, 9.17) is 16.7 Å². The third-order valence-electron chi connectivity index (χ3n) is 4.34. The number of anilines is 1. The second kappa shape index (κ2) is 8.02. The summed E-state index contributed by atoms with van der Waals surface area (Å²) in [5, 5.41) is 13.4. The van der Waals surface area contributed by atoms with Gasteiger partial charge >= 0.3 is 0 Å². The Morgan fingerprint density at radius 3 is 2.95 bits per heavy atom. The van der Waals surface area contributed by atoms with Crippen LogP contribution >= 0.6 is 11.6 Å². The molecule has 2 rings (SSSR count). The first-order valence-electron chi connectivity index (χ1n) is 8.04. The normalized spacial score (nSPS) is 20.0. The van der Waals surface area contributed by atoms with Crippen LogP contribution in [0, 0.1) is 5.92 Å². The van der Waals surface area contributed by atoms with E-state index in [1.165, 1.54) is 5.56 Å². The molecule has 1 fully saturated rings. The van der Waals surface area contributed by atoms with Crippen molar-refractivity contribution >= 4 is 17.3 Å². The number of aliphatic hydroxyl groups excluding tert-OH is 1. The fourth-order valence-corrected chi connectivity index (χ4v) is 3.31. The Morgan fingerprint density at radius 2 is 2.29 bits per heavy atom. The highest BCUT2D eigenvalue weighted by Gasteiger charge is 2.23. The van der Waals surface area contributed by atoms with E-state index < -0.39 is 0 Å². The molecule has 2 unspecified atom stereocenters. The monoisotopic (exact) mass is 310 g/mol. The van der Waals surface area contributed by atoms with E-state index in [1.807, 2.05) is 0 Å². The van der Waals surface area contributed by atoms with E-state index in [2.05, 4.69) is 42.3 Å². The minimum Gasteiger partial charge on any atom is -0.396 e. The fraction of sp³-hybridized carbons (Fsp3) is 0.647. The molecule has 0 aromatic heterocycles. The molecule has 1 heterocycles. The van der Waals surface area contributed by atoms with Crippen molar-refractivity contribution in [3.05, 3.63) is 28.8 Å². The molecule has 1 aliphatic rings. The van der Waals surface area contributed by atoms with E-state index in [0.717, 1.165) is 49.6 Å². The SMILES string of the molecule is CCCNC(C)c1ccc(N2CCC(CCO)C2)c(Cl)c1. The summed E-state index contributed by atoms with van der Waals surface area (Å²) in [7, 11) is 0. The summed E-state index contributed by atoms with van der Waals surface area (Å²) in [4.78, 5) is 2.34. The molecule has 1 aromatic rings. The van der Waals surface area contributed by atoms with Crippen molar-refractivity contribution in [2.75, 3.05) is 31.1 Å². The van der Waals surface area contributed by atoms with Crippen LogP contribution in [-0.2, 0) is 0 Å². The zero-order valence-corrected chi connectivity index (χ0v) is 13.9. The van der Waals surface area contributed by atoms with Crippen LogP contribution in [0.25, 0.3) is 0 Å². The lowest BCUT2D eigenvalue weighted by Crippen LogP contribution is -2.21. The van der Waals surface area contributed by atoms with Gasteiger partial charge in [0, 0.05) is 25.7 Å². The van der Waals surface area contributed by atoms with Gasteiger partial charge in [-0.1, -0.05) is 24.6 Å². The minimum absolute atomic E-state index is 0.284. The van der Waals surface area contributed by atoms with E-state index in [-0.39, 0.29) is 6.61 Å². The molecular formula is C17H27ClN2O. The predicted molar refractivity (Wildman–Crippen MR) is 90.2 cm³/mol. The first kappa shape index (κ1) is 16.6. The molecule has 0 amide bonds. The summed E-state index contributed by atoms with van der Waals surface area (Å²) in [6.07, 6.45) is 3.17. The van der Waals surface area contributed by atoms with Gasteiger partial charge in [0.1, 0.15) is 0 Å². The molecule has 2 N–H and O–H groups in total. The standard InChI is InChI=1S/C17H27ClN2O/c1-3-8-19-13(2)15-4-5-17(16(18)11-15)20-9-6-14(12-20)7-10-21/h4-5,11,13-14,19,21H,3,6-10,12H2,1-2H3. The summed E-state index contributed by atoms with van der Waals surface area (Å²) in [5.74, 6) is 0.593. The fourth-order valence-electron chi connectivity index (χ4n) is 3.00. The Hall–Kier alpha value is -0.770. The minimum atomic E-state index is 0.284. The maximum Gasteiger partial charge on any atom is 0.0642 e. The van der Waals surface area contributed by atoms with Crippen molar-refractivity contribution in [2.24, 2.45) is 5.92 Å². The molecule has 0 aliphatic carbocycles. The number of rotatable bonds is 7. The largest absolute Gasteiger partial charge is 0.396 e. The molecule has 0 spiro atoms. The molecular weight excluding hydrogens is 284 g/mol. The van der Waals surface area contributed by atoms with Crippen LogP contribution in [0.3, 0.4) is 0 Å². The Labute approximate surface area is 133 Å². The van der Waals surface area contributed by atoms with Gasteiger partial charge in [0.15, 0.2) is 0 Å². The lowest BCUT2D eigenvalue weighted by atomic mass is 10.1. The van der Waals surface area contributed by atoms with Gasteiger partial charge in [-0.25, -0.2) is 0 Å². The molecule has 1 aromatic carbocycles. The summed E-state index contributed by atoms with van der Waals surface area (Å²) in [5.41, 5.74) is 2.37. The van der Waals surface area contributed by atoms with Crippen LogP contribution in [-0.4, -0.2) is 31.3 Å². The molecule has 118 valence electrons. The number of nitrogens with one attached hydrogen (secondary N) is 1. The number of benzene rings is 1. The van der Waals surface area contributed by atoms with Crippen LogP contribution in [0.15, 0.2) is 18.2 Å². The third-order valence-corrected chi connectivity index (χ3v) is 4.64. The average Bonchev–Trinajstić information content (AvgIpc) is 2.93. The van der Waals surface area contributed by atoms with E-state index in [9.17, 15) is 0 Å². The first-order chi connectivity index (χ1) is 10.2. The number of hydrogen-bond donors (Lipinski definition) is 2. The van der Waals surface area contributed by atoms with Crippen LogP contribution in [0.5, 0.6) is 0 Å². The number of aliphatic hydroxyl groups is 1. The van der Waals surface area contributed by atoms with Crippen LogP contribution in [0.2, 0.25) is 5.02 Å². The Morgan fingerprint density at radius 1 is 1.48 bits per heavy atom. The molecule has 0 bridgehead atoms. The Kier molecular flexibility index (Phi) is 6.34. The van der Waals surface area contributed by atoms with Gasteiger partial charge in [-0.2, -0.15) is 0 Å². The van der Waals surface area contributed by atoms with Gasteiger partial charge in [-0.3, -0.25) is 0 Å². The van der Waals surface area contributed by atoms with Gasteiger partial charge in [0.25, 0.3) is 0 Å². The first-order valence-corrected chi connectivity index (χ1v) is 8.42. The van der Waals surface area contributed by atoms with Gasteiger partial charge in [-0.15, -0.1) is 0 Å². The molecule has 3 nitrogen and oxygen atoms in total. The average molecular weight is 311 g/mol. The van der Waals surface area contributed by atoms with Gasteiger partial charge in [0.2, 0.25) is 0 Å². The van der Waals surface area contributed by atoms with Crippen LogP contribution < -0.4 is 10.2 Å². The molecule has 21 heavy (non-hydrogen) atoms. The second-order valence-corrected chi connectivity index (χ2v) is 6.41. The lowest BCUT2D eigenvalue weighted by Gasteiger charge is -2.22. The number of nitrogens with zero attached hydrogens (tertiary/aromatic N) is 1. The molecule has 4 heteroatoms. The summed E-state index contributed by atoms with van der Waals surface area (Å²) < 4.78 is 0. The van der Waals surface area contributed by atoms with Crippen molar-refractivity contribution in [1.82, 2.24) is 5.32 Å². The summed E-state index contributed by atoms with van der Waals surface area (Å²) in [6, 6.07) is 6.73. The number of halogens is 1. The van der Waals surface area contributed by atoms with Crippen molar-refractivity contribution in [3.63, 3.8) is 0 Å². The van der Waals surface area contributed by atoms with Gasteiger partial charge < -0.3 is 15.3 Å². The van der Waals surface area contributed by atoms with Crippen molar-refractivity contribution in [2.45, 2.75) is 39.2 Å². The zero-order chi connectivity index (χ0) is 15.2. The highest BCUT2D eigenvalue weighted by molar-refractivity contribution is 6.33. The second-order valence-electron chi connectivity index (χ2n) is 6.00. The topological polar surface area (TPSA) is 35.5 Å². The number of hydrogen-bond acceptors (Lipinski definition) is 3. The lowest BCUT2D eigenvalue weighted by molar-refractivity contribution is 0.263. The van der Waals surface area contributed by atoms with Crippen molar-refractivity contribution in [3.8, 4) is 0 Å². The third kappa shape index (κ3) is 4.35. The highest BCUT2D eigenvalue weighted by atomic mass is 35.5. The van der Waals surface area contributed by atoms with Gasteiger partial charge in [0.05, 0.1) is 10.7 Å². The molecule has 1 aliphatic heterocycles. The maximum atomic E-state index is 9.05. The van der Waals surface area contributed by atoms with Crippen molar-refractivity contribution in [1.29, 1.82) is 0 Å². The smallest absolute Gasteiger partial charge is 0.0642 e. The quantitative estimate of drug-likeness (QED) is 0.807. The molecule has 2 atom stereocenters.